The predicted octanol–water partition coefficient (Wildman–Crippen LogP) is 1.97. The van der Waals surface area contributed by atoms with Crippen molar-refractivity contribution in [2.24, 2.45) is 0 Å². The molecule has 96 valence electrons. The molecule has 0 aliphatic heterocycles. The van der Waals surface area contributed by atoms with Gasteiger partial charge in [0.05, 0.1) is 5.75 Å². The normalized spacial score (nSPS) is 20.9. The van der Waals surface area contributed by atoms with Gasteiger partial charge < -0.3 is 5.32 Å². The van der Waals surface area contributed by atoms with E-state index < -0.39 is 10.1 Å². The van der Waals surface area contributed by atoms with Gasteiger partial charge in [0.1, 0.15) is 0 Å². The van der Waals surface area contributed by atoms with Crippen LogP contribution < -0.4 is 5.32 Å². The van der Waals surface area contributed by atoms with E-state index in [0.29, 0.717) is 18.5 Å². The molecule has 1 atom stereocenters. The fraction of sp³-hybridized carbons (Fsp3) is 1.00. The number of nitrogens with one attached hydrogen (secondary N) is 1. The first-order chi connectivity index (χ1) is 7.47. The van der Waals surface area contributed by atoms with Gasteiger partial charge in [-0.1, -0.05) is 19.3 Å². The smallest absolute Gasteiger partial charge is 0.264 e. The monoisotopic (exact) mass is 249 g/mol. The Bertz CT molecular complexity index is 284. The summed E-state index contributed by atoms with van der Waals surface area (Å²) < 4.78 is 29.7. The molecule has 0 heterocycles. The van der Waals surface area contributed by atoms with Gasteiger partial charge in [0.2, 0.25) is 0 Å². The van der Waals surface area contributed by atoms with Gasteiger partial charge in [-0.3, -0.25) is 4.55 Å². The molecule has 0 aromatic heterocycles. The molecule has 0 bridgehead atoms. The molecule has 2 N–H and O–H groups in total. The van der Waals surface area contributed by atoms with Crippen molar-refractivity contribution in [1.29, 1.82) is 0 Å². The minimum atomic E-state index is -3.78. The SMILES string of the molecule is CC(CCCS(=O)(=O)O)NC1CCCCC1. The molecule has 0 aromatic carbocycles. The molecule has 0 radical (unpaired) electrons. The molecule has 1 saturated carbocycles. The maximum absolute atomic E-state index is 10.5. The second kappa shape index (κ2) is 6.57. The Hall–Kier alpha value is -0.130. The van der Waals surface area contributed by atoms with Crippen molar-refractivity contribution in [1.82, 2.24) is 5.32 Å². The highest BCUT2D eigenvalue weighted by atomic mass is 32.2. The van der Waals surface area contributed by atoms with Crippen molar-refractivity contribution in [3.05, 3.63) is 0 Å². The summed E-state index contributed by atoms with van der Waals surface area (Å²) in [5, 5.41) is 3.53. The highest BCUT2D eigenvalue weighted by Crippen LogP contribution is 2.18. The van der Waals surface area contributed by atoms with Crippen LogP contribution in [0, 0.1) is 0 Å². The molecule has 4 nitrogen and oxygen atoms in total. The minimum absolute atomic E-state index is 0.121. The Labute approximate surface area is 98.6 Å². The number of rotatable bonds is 6. The fourth-order valence-electron chi connectivity index (χ4n) is 2.33. The van der Waals surface area contributed by atoms with Gasteiger partial charge in [0, 0.05) is 12.1 Å². The number of hydrogen-bond donors (Lipinski definition) is 2. The van der Waals surface area contributed by atoms with E-state index in [2.05, 4.69) is 12.2 Å². The second-order valence-electron chi connectivity index (χ2n) is 4.83. The Kier molecular flexibility index (Phi) is 5.72. The highest BCUT2D eigenvalue weighted by Gasteiger charge is 2.15. The van der Waals surface area contributed by atoms with Gasteiger partial charge in [-0.05, 0) is 32.6 Å². The van der Waals surface area contributed by atoms with Gasteiger partial charge in [-0.2, -0.15) is 8.42 Å². The zero-order chi connectivity index (χ0) is 12.0. The molecule has 0 aromatic rings. The first kappa shape index (κ1) is 13.9. The summed E-state index contributed by atoms with van der Waals surface area (Å²) in [4.78, 5) is 0. The first-order valence-electron chi connectivity index (χ1n) is 6.18. The number of hydrogen-bond acceptors (Lipinski definition) is 3. The summed E-state index contributed by atoms with van der Waals surface area (Å²) in [5.41, 5.74) is 0. The molecule has 1 aliphatic carbocycles. The fourth-order valence-corrected chi connectivity index (χ4v) is 2.86. The molecule has 0 spiro atoms. The molecule has 0 amide bonds. The third-order valence-corrected chi connectivity index (χ3v) is 3.97. The van der Waals surface area contributed by atoms with Crippen LogP contribution in [0.25, 0.3) is 0 Å². The Morgan fingerprint density at radius 2 is 1.94 bits per heavy atom. The molecular formula is C11H23NO3S. The topological polar surface area (TPSA) is 66.4 Å². The predicted molar refractivity (Wildman–Crippen MR) is 65.1 cm³/mol. The van der Waals surface area contributed by atoms with Crippen molar-refractivity contribution in [3.63, 3.8) is 0 Å². The van der Waals surface area contributed by atoms with E-state index in [0.717, 1.165) is 6.42 Å². The van der Waals surface area contributed by atoms with Gasteiger partial charge >= 0.3 is 0 Å². The lowest BCUT2D eigenvalue weighted by atomic mass is 9.94. The van der Waals surface area contributed by atoms with Crippen LogP contribution >= 0.6 is 0 Å². The molecular weight excluding hydrogens is 226 g/mol. The summed E-state index contributed by atoms with van der Waals surface area (Å²) in [7, 11) is -3.78. The summed E-state index contributed by atoms with van der Waals surface area (Å²) in [6, 6.07) is 0.944. The van der Waals surface area contributed by atoms with Crippen LogP contribution in [0.5, 0.6) is 0 Å². The average molecular weight is 249 g/mol. The van der Waals surface area contributed by atoms with Gasteiger partial charge in [0.25, 0.3) is 10.1 Å². The van der Waals surface area contributed by atoms with Gasteiger partial charge in [-0.15, -0.1) is 0 Å². The van der Waals surface area contributed by atoms with Crippen LogP contribution in [0.15, 0.2) is 0 Å². The van der Waals surface area contributed by atoms with Crippen LogP contribution in [-0.4, -0.2) is 30.8 Å². The van der Waals surface area contributed by atoms with Crippen LogP contribution in [0.2, 0.25) is 0 Å². The Balaban J connectivity index is 2.12. The van der Waals surface area contributed by atoms with Gasteiger partial charge in [-0.25, -0.2) is 0 Å². The van der Waals surface area contributed by atoms with Crippen molar-refractivity contribution in [2.75, 3.05) is 5.75 Å². The molecule has 1 rings (SSSR count). The van der Waals surface area contributed by atoms with Crippen LogP contribution in [0.1, 0.15) is 51.9 Å². The standard InChI is InChI=1S/C11H23NO3S/c1-10(6-5-9-16(13,14)15)12-11-7-3-2-4-8-11/h10-12H,2-9H2,1H3,(H,13,14,15). The van der Waals surface area contributed by atoms with Crippen LogP contribution in [0.3, 0.4) is 0 Å². The second-order valence-corrected chi connectivity index (χ2v) is 6.40. The lowest BCUT2D eigenvalue weighted by Gasteiger charge is -2.26. The zero-order valence-electron chi connectivity index (χ0n) is 9.98. The quantitative estimate of drug-likeness (QED) is 0.706. The molecule has 1 aliphatic rings. The van der Waals surface area contributed by atoms with Crippen molar-refractivity contribution < 1.29 is 13.0 Å². The van der Waals surface area contributed by atoms with E-state index in [9.17, 15) is 8.42 Å². The lowest BCUT2D eigenvalue weighted by Crippen LogP contribution is -2.37. The maximum atomic E-state index is 10.5. The zero-order valence-corrected chi connectivity index (χ0v) is 10.8. The van der Waals surface area contributed by atoms with E-state index in [-0.39, 0.29) is 5.75 Å². The Morgan fingerprint density at radius 1 is 1.31 bits per heavy atom. The largest absolute Gasteiger partial charge is 0.312 e. The molecule has 16 heavy (non-hydrogen) atoms. The summed E-state index contributed by atoms with van der Waals surface area (Å²) in [5.74, 6) is -0.121. The third kappa shape index (κ3) is 6.45. The molecule has 5 heteroatoms. The molecule has 0 saturated heterocycles. The van der Waals surface area contributed by atoms with Crippen LogP contribution in [0.4, 0.5) is 0 Å². The Morgan fingerprint density at radius 3 is 2.50 bits per heavy atom. The van der Waals surface area contributed by atoms with Crippen LogP contribution in [-0.2, 0) is 10.1 Å². The summed E-state index contributed by atoms with van der Waals surface area (Å²) >= 11 is 0. The summed E-state index contributed by atoms with van der Waals surface area (Å²) in [6.45, 7) is 2.08. The first-order valence-corrected chi connectivity index (χ1v) is 7.79. The van der Waals surface area contributed by atoms with E-state index >= 15 is 0 Å². The van der Waals surface area contributed by atoms with E-state index in [1.165, 1.54) is 32.1 Å². The average Bonchev–Trinajstić information content (AvgIpc) is 2.17. The highest BCUT2D eigenvalue weighted by molar-refractivity contribution is 7.85. The maximum Gasteiger partial charge on any atom is 0.264 e. The van der Waals surface area contributed by atoms with Crippen molar-refractivity contribution >= 4 is 10.1 Å². The van der Waals surface area contributed by atoms with Crippen molar-refractivity contribution in [3.8, 4) is 0 Å². The summed E-state index contributed by atoms with van der Waals surface area (Å²) in [6.07, 6.45) is 7.75. The lowest BCUT2D eigenvalue weighted by molar-refractivity contribution is 0.335. The minimum Gasteiger partial charge on any atom is -0.312 e. The molecule has 1 fully saturated rings. The van der Waals surface area contributed by atoms with E-state index in [4.69, 9.17) is 4.55 Å². The van der Waals surface area contributed by atoms with Crippen molar-refractivity contribution in [2.45, 2.75) is 64.0 Å². The third-order valence-electron chi connectivity index (χ3n) is 3.16. The van der Waals surface area contributed by atoms with E-state index in [1.54, 1.807) is 0 Å². The molecule has 1 unspecified atom stereocenters. The van der Waals surface area contributed by atoms with E-state index in [1.807, 2.05) is 0 Å². The van der Waals surface area contributed by atoms with Gasteiger partial charge in [0.15, 0.2) is 0 Å².